The van der Waals surface area contributed by atoms with Gasteiger partial charge in [0.25, 0.3) is 15.7 Å². The molecule has 7 heteroatoms. The number of nitro groups is 1. The van der Waals surface area contributed by atoms with E-state index in [9.17, 15) is 18.5 Å². The van der Waals surface area contributed by atoms with Crippen molar-refractivity contribution in [2.24, 2.45) is 0 Å². The number of nitrogens with one attached hydrogen (secondary N) is 1. The summed E-state index contributed by atoms with van der Waals surface area (Å²) in [4.78, 5) is 10.4. The molecule has 0 aliphatic carbocycles. The van der Waals surface area contributed by atoms with Crippen molar-refractivity contribution in [3.63, 3.8) is 0 Å². The zero-order valence-corrected chi connectivity index (χ0v) is 12.3. The van der Waals surface area contributed by atoms with Gasteiger partial charge in [0, 0.05) is 12.1 Å². The number of hydrogen-bond acceptors (Lipinski definition) is 4. The van der Waals surface area contributed by atoms with Crippen molar-refractivity contribution >= 4 is 21.4 Å². The topological polar surface area (TPSA) is 89.3 Å². The van der Waals surface area contributed by atoms with Gasteiger partial charge in [-0.25, -0.2) is 8.42 Å². The average Bonchev–Trinajstić information content (AvgIpc) is 2.43. The summed E-state index contributed by atoms with van der Waals surface area (Å²) in [6.45, 7) is 3.26. The summed E-state index contributed by atoms with van der Waals surface area (Å²) >= 11 is 0. The Hall–Kier alpha value is -2.41. The number of sulfonamides is 1. The zero-order chi connectivity index (χ0) is 15.6. The molecule has 0 saturated carbocycles. The van der Waals surface area contributed by atoms with Gasteiger partial charge in [0.05, 0.1) is 15.5 Å². The number of hydrogen-bond donors (Lipinski definition) is 1. The first-order chi connectivity index (χ1) is 9.81. The van der Waals surface area contributed by atoms with Crippen LogP contribution >= 0.6 is 0 Å². The molecule has 2 aromatic rings. The van der Waals surface area contributed by atoms with Crippen LogP contribution in [0.15, 0.2) is 47.4 Å². The van der Waals surface area contributed by atoms with Crippen molar-refractivity contribution in [2.45, 2.75) is 18.7 Å². The van der Waals surface area contributed by atoms with Crippen molar-refractivity contribution in [1.29, 1.82) is 0 Å². The van der Waals surface area contributed by atoms with Gasteiger partial charge in [0.15, 0.2) is 0 Å². The molecule has 1 N–H and O–H groups in total. The highest BCUT2D eigenvalue weighted by molar-refractivity contribution is 7.92. The van der Waals surface area contributed by atoms with Crippen LogP contribution < -0.4 is 4.72 Å². The first-order valence-electron chi connectivity index (χ1n) is 6.15. The third-order valence-electron chi connectivity index (χ3n) is 3.02. The number of aryl methyl sites for hydroxylation is 2. The standard InChI is InChI=1S/C14H14N2O4S/c1-10-8-12(16(17)18)9-11(2)14(10)15-21(19,20)13-6-4-3-5-7-13/h3-9,15H,1-2H3. The molecule has 0 fully saturated rings. The van der Waals surface area contributed by atoms with Crippen LogP contribution in [0.25, 0.3) is 0 Å². The maximum atomic E-state index is 12.3. The summed E-state index contributed by atoms with van der Waals surface area (Å²) in [6.07, 6.45) is 0. The minimum atomic E-state index is -3.71. The molecule has 0 bridgehead atoms. The highest BCUT2D eigenvalue weighted by atomic mass is 32.2. The van der Waals surface area contributed by atoms with Crippen molar-refractivity contribution in [1.82, 2.24) is 0 Å². The smallest absolute Gasteiger partial charge is 0.270 e. The van der Waals surface area contributed by atoms with Gasteiger partial charge in [-0.3, -0.25) is 14.8 Å². The van der Waals surface area contributed by atoms with E-state index in [0.29, 0.717) is 16.8 Å². The predicted molar refractivity (Wildman–Crippen MR) is 79.8 cm³/mol. The van der Waals surface area contributed by atoms with Gasteiger partial charge in [-0.05, 0) is 37.1 Å². The number of benzene rings is 2. The number of anilines is 1. The van der Waals surface area contributed by atoms with Crippen molar-refractivity contribution in [3.8, 4) is 0 Å². The lowest BCUT2D eigenvalue weighted by Gasteiger charge is -2.13. The Bertz CT molecular complexity index is 763. The van der Waals surface area contributed by atoms with E-state index in [-0.39, 0.29) is 10.6 Å². The summed E-state index contributed by atoms with van der Waals surface area (Å²) in [6, 6.07) is 10.6. The van der Waals surface area contributed by atoms with Crippen molar-refractivity contribution in [2.75, 3.05) is 4.72 Å². The summed E-state index contributed by atoms with van der Waals surface area (Å²) in [5.74, 6) is 0. The third kappa shape index (κ3) is 3.19. The molecule has 110 valence electrons. The number of nitro benzene ring substituents is 1. The maximum absolute atomic E-state index is 12.3. The molecule has 21 heavy (non-hydrogen) atoms. The molecule has 0 aliphatic rings. The molecular formula is C14H14N2O4S. The van der Waals surface area contributed by atoms with Crippen molar-refractivity contribution < 1.29 is 13.3 Å². The second kappa shape index (κ2) is 5.53. The Morgan fingerprint density at radius 3 is 2.05 bits per heavy atom. The van der Waals surface area contributed by atoms with Crippen LogP contribution in [0.5, 0.6) is 0 Å². The quantitative estimate of drug-likeness (QED) is 0.694. The highest BCUT2D eigenvalue weighted by Gasteiger charge is 2.18. The molecule has 0 spiro atoms. The molecule has 0 atom stereocenters. The van der Waals surface area contributed by atoms with Crippen LogP contribution in [-0.2, 0) is 10.0 Å². The van der Waals surface area contributed by atoms with E-state index in [4.69, 9.17) is 0 Å². The fourth-order valence-electron chi connectivity index (χ4n) is 2.00. The van der Waals surface area contributed by atoms with Gasteiger partial charge >= 0.3 is 0 Å². The number of rotatable bonds is 4. The van der Waals surface area contributed by atoms with Gasteiger partial charge in [0.2, 0.25) is 0 Å². The molecule has 0 saturated heterocycles. The lowest BCUT2D eigenvalue weighted by atomic mass is 10.1. The molecule has 0 aromatic heterocycles. The summed E-state index contributed by atoms with van der Waals surface area (Å²) in [7, 11) is -3.71. The zero-order valence-electron chi connectivity index (χ0n) is 11.5. The lowest BCUT2D eigenvalue weighted by molar-refractivity contribution is -0.384. The molecule has 0 unspecified atom stereocenters. The monoisotopic (exact) mass is 306 g/mol. The Kier molecular flexibility index (Phi) is 3.95. The van der Waals surface area contributed by atoms with Gasteiger partial charge < -0.3 is 0 Å². The average molecular weight is 306 g/mol. The van der Waals surface area contributed by atoms with E-state index >= 15 is 0 Å². The molecule has 0 radical (unpaired) electrons. The fraction of sp³-hybridized carbons (Fsp3) is 0.143. The van der Waals surface area contributed by atoms with E-state index in [1.807, 2.05) is 0 Å². The minimum Gasteiger partial charge on any atom is -0.279 e. The Labute approximate surface area is 122 Å². The van der Waals surface area contributed by atoms with E-state index < -0.39 is 14.9 Å². The second-order valence-corrected chi connectivity index (χ2v) is 6.31. The summed E-state index contributed by atoms with van der Waals surface area (Å²) in [5.41, 5.74) is 1.31. The van der Waals surface area contributed by atoms with Crippen LogP contribution in [0.2, 0.25) is 0 Å². The molecular weight excluding hydrogens is 292 g/mol. The third-order valence-corrected chi connectivity index (χ3v) is 4.38. The van der Waals surface area contributed by atoms with Gasteiger partial charge in [0.1, 0.15) is 0 Å². The Balaban J connectivity index is 2.43. The predicted octanol–water partition coefficient (Wildman–Crippen LogP) is 3.01. The number of non-ortho nitro benzene ring substituents is 1. The maximum Gasteiger partial charge on any atom is 0.270 e. The first-order valence-corrected chi connectivity index (χ1v) is 7.63. The molecule has 2 aromatic carbocycles. The van der Waals surface area contributed by atoms with Crippen LogP contribution in [0, 0.1) is 24.0 Å². The molecule has 0 aliphatic heterocycles. The number of nitrogens with zero attached hydrogens (tertiary/aromatic N) is 1. The molecule has 0 amide bonds. The normalized spacial score (nSPS) is 11.1. The van der Waals surface area contributed by atoms with Gasteiger partial charge in [-0.15, -0.1) is 0 Å². The summed E-state index contributed by atoms with van der Waals surface area (Å²) in [5, 5.41) is 10.8. The first kappa shape index (κ1) is 15.0. The van der Waals surface area contributed by atoms with E-state index in [1.54, 1.807) is 32.0 Å². The Morgan fingerprint density at radius 2 is 1.57 bits per heavy atom. The second-order valence-electron chi connectivity index (χ2n) is 4.63. The highest BCUT2D eigenvalue weighted by Crippen LogP contribution is 2.28. The Morgan fingerprint density at radius 1 is 1.05 bits per heavy atom. The van der Waals surface area contributed by atoms with E-state index in [2.05, 4.69) is 4.72 Å². The summed E-state index contributed by atoms with van der Waals surface area (Å²) < 4.78 is 27.0. The minimum absolute atomic E-state index is 0.0624. The van der Waals surface area contributed by atoms with Gasteiger partial charge in [-0.1, -0.05) is 18.2 Å². The van der Waals surface area contributed by atoms with E-state index in [1.165, 1.54) is 24.3 Å². The molecule has 2 rings (SSSR count). The van der Waals surface area contributed by atoms with Crippen molar-refractivity contribution in [3.05, 3.63) is 63.7 Å². The van der Waals surface area contributed by atoms with Crippen LogP contribution in [-0.4, -0.2) is 13.3 Å². The van der Waals surface area contributed by atoms with E-state index in [0.717, 1.165) is 0 Å². The van der Waals surface area contributed by atoms with Crippen LogP contribution in [0.1, 0.15) is 11.1 Å². The van der Waals surface area contributed by atoms with Crippen LogP contribution in [0.3, 0.4) is 0 Å². The largest absolute Gasteiger partial charge is 0.279 e. The van der Waals surface area contributed by atoms with Crippen LogP contribution in [0.4, 0.5) is 11.4 Å². The SMILES string of the molecule is Cc1cc([N+](=O)[O-])cc(C)c1NS(=O)(=O)c1ccccc1. The van der Waals surface area contributed by atoms with Gasteiger partial charge in [-0.2, -0.15) is 0 Å². The lowest BCUT2D eigenvalue weighted by Crippen LogP contribution is -2.14. The molecule has 6 nitrogen and oxygen atoms in total. The fourth-order valence-corrected chi connectivity index (χ4v) is 3.22. The molecule has 0 heterocycles.